The fourth-order valence-electron chi connectivity index (χ4n) is 4.39. The standard InChI is InChI=1S/C26H30N2O4/c1-4-17-31-19-13-11-18(12-14-19)23-22-24(29)20-9-7-8-10-21(20)32-25(22)26(30)28(23)16-15-27(5-2)6-3/h7-14,23H,4-6,15-17H2,1-3H3/p+1/t23-/m1/s1. The summed E-state index contributed by atoms with van der Waals surface area (Å²) >= 11 is 0. The number of quaternary nitrogens is 1. The SMILES string of the molecule is CCCOc1ccc([C@@H]2c3c(oc4ccccc4c3=O)C(=O)N2CC[NH+](CC)CC)cc1. The van der Waals surface area contributed by atoms with Gasteiger partial charge in [-0.2, -0.15) is 0 Å². The zero-order valence-corrected chi connectivity index (χ0v) is 19.0. The van der Waals surface area contributed by atoms with Crippen LogP contribution in [0.25, 0.3) is 11.0 Å². The van der Waals surface area contributed by atoms with Gasteiger partial charge in [-0.25, -0.2) is 0 Å². The maximum Gasteiger partial charge on any atom is 0.291 e. The van der Waals surface area contributed by atoms with Crippen LogP contribution < -0.4 is 15.1 Å². The molecule has 1 N–H and O–H groups in total. The molecule has 0 saturated heterocycles. The van der Waals surface area contributed by atoms with E-state index in [-0.39, 0.29) is 17.1 Å². The van der Waals surface area contributed by atoms with Gasteiger partial charge in [-0.1, -0.05) is 31.2 Å². The van der Waals surface area contributed by atoms with E-state index in [1.54, 1.807) is 17.0 Å². The molecule has 1 aliphatic rings. The fraction of sp³-hybridized carbons (Fsp3) is 0.385. The lowest BCUT2D eigenvalue weighted by Gasteiger charge is -2.27. The second kappa shape index (κ2) is 9.57. The predicted octanol–water partition coefficient (Wildman–Crippen LogP) is 3.05. The number of nitrogens with zero attached hydrogens (tertiary/aromatic N) is 1. The molecule has 6 nitrogen and oxygen atoms in total. The van der Waals surface area contributed by atoms with Crippen molar-refractivity contribution in [3.05, 3.63) is 75.6 Å². The van der Waals surface area contributed by atoms with Crippen molar-refractivity contribution in [3.63, 3.8) is 0 Å². The number of carbonyl (C=O) groups is 1. The molecule has 2 aromatic carbocycles. The van der Waals surface area contributed by atoms with E-state index in [1.165, 1.54) is 4.90 Å². The van der Waals surface area contributed by atoms with Gasteiger partial charge in [-0.05, 0) is 50.1 Å². The molecule has 0 unspecified atom stereocenters. The highest BCUT2D eigenvalue weighted by Crippen LogP contribution is 2.38. The van der Waals surface area contributed by atoms with Gasteiger partial charge in [0.1, 0.15) is 11.3 Å². The van der Waals surface area contributed by atoms with Crippen molar-refractivity contribution < 1.29 is 18.8 Å². The van der Waals surface area contributed by atoms with Gasteiger partial charge >= 0.3 is 0 Å². The Morgan fingerprint density at radius 2 is 1.72 bits per heavy atom. The first-order valence-electron chi connectivity index (χ1n) is 11.5. The summed E-state index contributed by atoms with van der Waals surface area (Å²) in [5.41, 5.74) is 1.63. The van der Waals surface area contributed by atoms with E-state index >= 15 is 0 Å². The van der Waals surface area contributed by atoms with Crippen LogP contribution in [0.5, 0.6) is 5.75 Å². The normalized spacial score (nSPS) is 15.6. The number of likely N-dealkylation sites (N-methyl/N-ethyl adjacent to an activating group) is 1. The Hall–Kier alpha value is -3.12. The number of para-hydroxylation sites is 1. The molecule has 168 valence electrons. The lowest BCUT2D eigenvalue weighted by atomic mass is 9.98. The van der Waals surface area contributed by atoms with Gasteiger partial charge in [-0.3, -0.25) is 9.59 Å². The number of hydrogen-bond donors (Lipinski definition) is 1. The number of hydrogen-bond acceptors (Lipinski definition) is 4. The molecule has 3 aromatic rings. The van der Waals surface area contributed by atoms with Crippen LogP contribution in [0, 0.1) is 0 Å². The largest absolute Gasteiger partial charge is 0.494 e. The summed E-state index contributed by atoms with van der Waals surface area (Å²) in [6.07, 6.45) is 0.932. The molecule has 0 radical (unpaired) electrons. The molecule has 6 heteroatoms. The summed E-state index contributed by atoms with van der Waals surface area (Å²) in [4.78, 5) is 30.1. The number of nitrogens with one attached hydrogen (secondary N) is 1. The Bertz CT molecular complexity index is 1150. The van der Waals surface area contributed by atoms with Crippen LogP contribution in [0.2, 0.25) is 0 Å². The third-order valence-electron chi connectivity index (χ3n) is 6.25. The molecule has 0 fully saturated rings. The molecule has 2 heterocycles. The van der Waals surface area contributed by atoms with Crippen molar-refractivity contribution in [2.24, 2.45) is 0 Å². The molecule has 32 heavy (non-hydrogen) atoms. The van der Waals surface area contributed by atoms with Gasteiger partial charge in [0.05, 0.1) is 49.8 Å². The average Bonchev–Trinajstić information content (AvgIpc) is 3.10. The Kier molecular flexibility index (Phi) is 6.61. The molecule has 1 aliphatic heterocycles. The Balaban J connectivity index is 1.79. The summed E-state index contributed by atoms with van der Waals surface area (Å²) in [6, 6.07) is 14.4. The van der Waals surface area contributed by atoms with Crippen LogP contribution in [0.1, 0.15) is 54.9 Å². The number of ether oxygens (including phenoxy) is 1. The van der Waals surface area contributed by atoms with Gasteiger partial charge in [-0.15, -0.1) is 0 Å². The first-order valence-corrected chi connectivity index (χ1v) is 11.5. The third kappa shape index (κ3) is 4.02. The number of benzene rings is 2. The van der Waals surface area contributed by atoms with E-state index in [2.05, 4.69) is 20.8 Å². The molecule has 4 rings (SSSR count). The minimum Gasteiger partial charge on any atom is -0.494 e. The first kappa shape index (κ1) is 22.1. The van der Waals surface area contributed by atoms with Crippen molar-refractivity contribution in [1.82, 2.24) is 4.90 Å². The van der Waals surface area contributed by atoms with Crippen LogP contribution in [0.15, 0.2) is 57.7 Å². The summed E-state index contributed by atoms with van der Waals surface area (Å²) < 4.78 is 11.7. The Morgan fingerprint density at radius 1 is 1.00 bits per heavy atom. The van der Waals surface area contributed by atoms with E-state index in [0.29, 0.717) is 29.7 Å². The van der Waals surface area contributed by atoms with Crippen molar-refractivity contribution in [2.45, 2.75) is 33.2 Å². The highest BCUT2D eigenvalue weighted by molar-refractivity contribution is 5.99. The molecule has 1 aromatic heterocycles. The lowest BCUT2D eigenvalue weighted by molar-refractivity contribution is -0.895. The van der Waals surface area contributed by atoms with Crippen LogP contribution in [0.4, 0.5) is 0 Å². The smallest absolute Gasteiger partial charge is 0.291 e. The summed E-state index contributed by atoms with van der Waals surface area (Å²) in [5.74, 6) is 0.732. The van der Waals surface area contributed by atoms with E-state index < -0.39 is 6.04 Å². The zero-order valence-electron chi connectivity index (χ0n) is 19.0. The third-order valence-corrected chi connectivity index (χ3v) is 6.25. The number of amides is 1. The van der Waals surface area contributed by atoms with Gasteiger partial charge in [0.2, 0.25) is 5.76 Å². The summed E-state index contributed by atoms with van der Waals surface area (Å²) in [6.45, 7) is 10.3. The fourth-order valence-corrected chi connectivity index (χ4v) is 4.39. The van der Waals surface area contributed by atoms with E-state index in [9.17, 15) is 9.59 Å². The minimum atomic E-state index is -0.464. The van der Waals surface area contributed by atoms with Crippen molar-refractivity contribution >= 4 is 16.9 Å². The van der Waals surface area contributed by atoms with Gasteiger partial charge < -0.3 is 19.0 Å². The molecule has 1 amide bonds. The number of carbonyl (C=O) groups excluding carboxylic acids is 1. The van der Waals surface area contributed by atoms with Crippen molar-refractivity contribution in [3.8, 4) is 5.75 Å². The van der Waals surface area contributed by atoms with Crippen LogP contribution >= 0.6 is 0 Å². The Morgan fingerprint density at radius 3 is 2.41 bits per heavy atom. The van der Waals surface area contributed by atoms with Crippen LogP contribution in [-0.2, 0) is 0 Å². The Labute approximate surface area is 188 Å². The molecule has 0 spiro atoms. The van der Waals surface area contributed by atoms with Crippen LogP contribution in [0.3, 0.4) is 0 Å². The number of fused-ring (bicyclic) bond motifs is 2. The summed E-state index contributed by atoms with van der Waals surface area (Å²) in [7, 11) is 0. The second-order valence-corrected chi connectivity index (χ2v) is 8.20. The van der Waals surface area contributed by atoms with Gasteiger partial charge in [0, 0.05) is 0 Å². The molecule has 1 atom stereocenters. The molecule has 0 saturated carbocycles. The van der Waals surface area contributed by atoms with Crippen molar-refractivity contribution in [2.75, 3.05) is 32.8 Å². The molecular weight excluding hydrogens is 404 g/mol. The average molecular weight is 436 g/mol. The molecule has 0 aliphatic carbocycles. The van der Waals surface area contributed by atoms with Crippen LogP contribution in [-0.4, -0.2) is 43.6 Å². The first-order chi connectivity index (χ1) is 15.6. The maximum atomic E-state index is 13.5. The second-order valence-electron chi connectivity index (χ2n) is 8.20. The highest BCUT2D eigenvalue weighted by Gasteiger charge is 2.42. The van der Waals surface area contributed by atoms with Gasteiger partial charge in [0.25, 0.3) is 5.91 Å². The maximum absolute atomic E-state index is 13.5. The van der Waals surface area contributed by atoms with Gasteiger partial charge in [0.15, 0.2) is 5.43 Å². The van der Waals surface area contributed by atoms with Crippen molar-refractivity contribution in [1.29, 1.82) is 0 Å². The molecule has 0 bridgehead atoms. The van der Waals surface area contributed by atoms with E-state index in [0.717, 1.165) is 37.4 Å². The number of rotatable bonds is 9. The quantitative estimate of drug-likeness (QED) is 0.561. The highest BCUT2D eigenvalue weighted by atomic mass is 16.5. The predicted molar refractivity (Wildman–Crippen MR) is 125 cm³/mol. The topological polar surface area (TPSA) is 64.2 Å². The monoisotopic (exact) mass is 435 g/mol. The summed E-state index contributed by atoms with van der Waals surface area (Å²) in [5, 5.41) is 0.503. The molecular formula is C26H31N2O4+. The van der Waals surface area contributed by atoms with E-state index in [1.807, 2.05) is 36.4 Å². The minimum absolute atomic E-state index is 0.135. The lowest BCUT2D eigenvalue weighted by Crippen LogP contribution is -3.12. The zero-order chi connectivity index (χ0) is 22.7. The van der Waals surface area contributed by atoms with E-state index in [4.69, 9.17) is 9.15 Å².